The average Bonchev–Trinajstić information content (AvgIpc) is 2.11. The lowest BCUT2D eigenvalue weighted by Crippen LogP contribution is -1.86. The molecule has 0 amide bonds. The highest BCUT2D eigenvalue weighted by atomic mass is 15.1. The van der Waals surface area contributed by atoms with Crippen molar-refractivity contribution < 1.29 is 0 Å². The predicted octanol–water partition coefficient (Wildman–Crippen LogP) is 3.60. The van der Waals surface area contributed by atoms with Gasteiger partial charge in [-0.1, -0.05) is 35.3 Å². The fraction of sp³-hybridized carbons (Fsp3) is 0.556. The van der Waals surface area contributed by atoms with E-state index in [9.17, 15) is 0 Å². The molecule has 0 aliphatic heterocycles. The average molecular weight is 165 g/mol. The largest absolute Gasteiger partial charge is 0.0896 e. The van der Waals surface area contributed by atoms with E-state index < -0.39 is 0 Å². The van der Waals surface area contributed by atoms with Gasteiger partial charge in [-0.3, -0.25) is 0 Å². The molecule has 3 nitrogen and oxygen atoms in total. The van der Waals surface area contributed by atoms with Crippen LogP contribution in [0, 0.1) is 0 Å². The summed E-state index contributed by atoms with van der Waals surface area (Å²) in [7, 11) is 0. The van der Waals surface area contributed by atoms with Gasteiger partial charge in [-0.25, -0.2) is 0 Å². The molecule has 0 saturated heterocycles. The molecule has 0 aromatic rings. The summed E-state index contributed by atoms with van der Waals surface area (Å²) in [5.74, 6) is 0. The monoisotopic (exact) mass is 165 g/mol. The van der Waals surface area contributed by atoms with Gasteiger partial charge in [-0.05, 0) is 25.8 Å². The summed E-state index contributed by atoms with van der Waals surface area (Å²) in [6.07, 6.45) is 5.03. The minimum Gasteiger partial charge on any atom is -0.0896 e. The molecule has 0 bridgehead atoms. The van der Waals surface area contributed by atoms with Gasteiger partial charge in [0.25, 0.3) is 0 Å². The SMILES string of the molecule is C/C=C(C)\C=C(/CC)CN=[N+]=[N-]. The number of rotatable bonds is 4. The number of allylic oxidation sites excluding steroid dienone is 3. The Labute approximate surface area is 73.4 Å². The second-order valence-electron chi connectivity index (χ2n) is 2.58. The maximum absolute atomic E-state index is 8.12. The third kappa shape index (κ3) is 4.58. The molecule has 0 aliphatic rings. The lowest BCUT2D eigenvalue weighted by atomic mass is 10.1. The number of nitrogens with zero attached hydrogens (tertiary/aromatic N) is 3. The van der Waals surface area contributed by atoms with E-state index in [0.717, 1.165) is 6.42 Å². The van der Waals surface area contributed by atoms with Crippen molar-refractivity contribution in [1.29, 1.82) is 0 Å². The van der Waals surface area contributed by atoms with Gasteiger partial charge in [0.2, 0.25) is 0 Å². The lowest BCUT2D eigenvalue weighted by Gasteiger charge is -1.98. The smallest absolute Gasteiger partial charge is 0.0473 e. The van der Waals surface area contributed by atoms with E-state index in [1.54, 1.807) is 0 Å². The van der Waals surface area contributed by atoms with Gasteiger partial charge in [-0.15, -0.1) is 0 Å². The standard InChI is InChI=1S/C9H15N3/c1-4-8(3)6-9(5-2)7-11-12-10/h4,6H,5,7H2,1-3H3/b8-4-,9-6+. The Bertz CT molecular complexity index is 232. The van der Waals surface area contributed by atoms with Crippen LogP contribution in [0.4, 0.5) is 0 Å². The fourth-order valence-corrected chi connectivity index (χ4v) is 0.787. The third-order valence-electron chi connectivity index (χ3n) is 1.68. The summed E-state index contributed by atoms with van der Waals surface area (Å²) < 4.78 is 0. The Morgan fingerprint density at radius 1 is 1.58 bits per heavy atom. The maximum Gasteiger partial charge on any atom is 0.0473 e. The minimum absolute atomic E-state index is 0.484. The Hall–Kier alpha value is -1.21. The van der Waals surface area contributed by atoms with Crippen molar-refractivity contribution in [3.05, 3.63) is 33.7 Å². The van der Waals surface area contributed by atoms with Crippen molar-refractivity contribution in [1.82, 2.24) is 0 Å². The van der Waals surface area contributed by atoms with Crippen molar-refractivity contribution in [2.75, 3.05) is 6.54 Å². The third-order valence-corrected chi connectivity index (χ3v) is 1.68. The van der Waals surface area contributed by atoms with Crippen molar-refractivity contribution in [3.63, 3.8) is 0 Å². The van der Waals surface area contributed by atoms with Gasteiger partial charge in [0.15, 0.2) is 0 Å². The summed E-state index contributed by atoms with van der Waals surface area (Å²) in [5.41, 5.74) is 10.5. The molecule has 0 aliphatic carbocycles. The van der Waals surface area contributed by atoms with Crippen LogP contribution in [0.5, 0.6) is 0 Å². The molecule has 0 rings (SSSR count). The molecule has 3 heteroatoms. The van der Waals surface area contributed by atoms with E-state index in [2.05, 4.69) is 23.0 Å². The zero-order chi connectivity index (χ0) is 9.40. The summed E-state index contributed by atoms with van der Waals surface area (Å²) >= 11 is 0. The highest BCUT2D eigenvalue weighted by Gasteiger charge is 1.91. The van der Waals surface area contributed by atoms with Crippen LogP contribution < -0.4 is 0 Å². The van der Waals surface area contributed by atoms with Crippen molar-refractivity contribution >= 4 is 0 Å². The predicted molar refractivity (Wildman–Crippen MR) is 51.8 cm³/mol. The Morgan fingerprint density at radius 2 is 2.25 bits per heavy atom. The van der Waals surface area contributed by atoms with E-state index in [1.807, 2.05) is 19.9 Å². The first-order valence-electron chi connectivity index (χ1n) is 4.07. The van der Waals surface area contributed by atoms with Gasteiger partial charge < -0.3 is 0 Å². The fourth-order valence-electron chi connectivity index (χ4n) is 0.787. The Balaban J connectivity index is 4.32. The molecule has 0 aromatic heterocycles. The van der Waals surface area contributed by atoms with Crippen molar-refractivity contribution in [2.24, 2.45) is 5.11 Å². The summed E-state index contributed by atoms with van der Waals surface area (Å²) in [4.78, 5) is 2.72. The summed E-state index contributed by atoms with van der Waals surface area (Å²) in [6.45, 7) is 6.57. The number of azide groups is 1. The first-order chi connectivity index (χ1) is 5.74. The highest BCUT2D eigenvalue weighted by molar-refractivity contribution is 5.21. The molecule has 0 heterocycles. The Morgan fingerprint density at radius 3 is 2.67 bits per heavy atom. The molecule has 0 unspecified atom stereocenters. The molecule has 12 heavy (non-hydrogen) atoms. The van der Waals surface area contributed by atoms with Crippen LogP contribution in [0.25, 0.3) is 10.4 Å². The van der Waals surface area contributed by atoms with E-state index >= 15 is 0 Å². The topological polar surface area (TPSA) is 48.8 Å². The molecule has 0 radical (unpaired) electrons. The normalized spacial score (nSPS) is 12.6. The first kappa shape index (κ1) is 10.8. The van der Waals surface area contributed by atoms with Crippen LogP contribution in [0.2, 0.25) is 0 Å². The molecule has 0 saturated carbocycles. The van der Waals surface area contributed by atoms with E-state index in [1.165, 1.54) is 11.1 Å². The zero-order valence-corrected chi connectivity index (χ0v) is 7.91. The number of hydrogen-bond acceptors (Lipinski definition) is 1. The van der Waals surface area contributed by atoms with Crippen LogP contribution in [-0.2, 0) is 0 Å². The van der Waals surface area contributed by atoms with Crippen LogP contribution in [0.15, 0.2) is 28.4 Å². The van der Waals surface area contributed by atoms with E-state index in [0.29, 0.717) is 6.54 Å². The van der Waals surface area contributed by atoms with E-state index in [4.69, 9.17) is 5.53 Å². The summed E-state index contributed by atoms with van der Waals surface area (Å²) in [6, 6.07) is 0. The highest BCUT2D eigenvalue weighted by Crippen LogP contribution is 2.06. The molecule has 66 valence electrons. The van der Waals surface area contributed by atoms with Crippen molar-refractivity contribution in [2.45, 2.75) is 27.2 Å². The van der Waals surface area contributed by atoms with Crippen molar-refractivity contribution in [3.8, 4) is 0 Å². The van der Waals surface area contributed by atoms with Crippen LogP contribution in [-0.4, -0.2) is 6.54 Å². The lowest BCUT2D eigenvalue weighted by molar-refractivity contribution is 0.994. The van der Waals surface area contributed by atoms with Gasteiger partial charge >= 0.3 is 0 Å². The molecule has 0 N–H and O–H groups in total. The number of hydrogen-bond donors (Lipinski definition) is 0. The molecule has 0 aromatic carbocycles. The molecule has 0 spiro atoms. The first-order valence-corrected chi connectivity index (χ1v) is 4.07. The summed E-state index contributed by atoms with van der Waals surface area (Å²) in [5, 5.41) is 3.52. The molecular formula is C9H15N3. The second kappa shape index (κ2) is 6.50. The van der Waals surface area contributed by atoms with Crippen LogP contribution in [0.1, 0.15) is 27.2 Å². The zero-order valence-electron chi connectivity index (χ0n) is 7.91. The maximum atomic E-state index is 8.12. The minimum atomic E-state index is 0.484. The van der Waals surface area contributed by atoms with E-state index in [-0.39, 0.29) is 0 Å². The molecule has 0 atom stereocenters. The molecular weight excluding hydrogens is 150 g/mol. The van der Waals surface area contributed by atoms with Gasteiger partial charge in [-0.2, -0.15) is 0 Å². The Kier molecular flexibility index (Phi) is 5.84. The van der Waals surface area contributed by atoms with Crippen LogP contribution >= 0.6 is 0 Å². The van der Waals surface area contributed by atoms with Gasteiger partial charge in [0.05, 0.1) is 0 Å². The van der Waals surface area contributed by atoms with Crippen LogP contribution in [0.3, 0.4) is 0 Å². The van der Waals surface area contributed by atoms with Gasteiger partial charge in [0.1, 0.15) is 0 Å². The quantitative estimate of drug-likeness (QED) is 0.264. The van der Waals surface area contributed by atoms with Gasteiger partial charge in [0, 0.05) is 11.5 Å². The second-order valence-corrected chi connectivity index (χ2v) is 2.58. The molecule has 0 fully saturated rings.